The Morgan fingerprint density at radius 3 is 2.06 bits per heavy atom. The Labute approximate surface area is 97.6 Å². The van der Waals surface area contributed by atoms with Gasteiger partial charge in [-0.1, -0.05) is 27.7 Å². The molecule has 0 saturated heterocycles. The molecular formula is C12H23NO3. The van der Waals surface area contributed by atoms with Gasteiger partial charge in [-0.15, -0.1) is 0 Å². The highest BCUT2D eigenvalue weighted by atomic mass is 16.4. The first kappa shape index (κ1) is 14.9. The van der Waals surface area contributed by atoms with Crippen molar-refractivity contribution in [2.24, 2.45) is 11.8 Å². The summed E-state index contributed by atoms with van der Waals surface area (Å²) in [6.45, 7) is 8.84. The van der Waals surface area contributed by atoms with E-state index >= 15 is 0 Å². The minimum Gasteiger partial charge on any atom is -0.481 e. The van der Waals surface area contributed by atoms with Crippen LogP contribution in [0.3, 0.4) is 0 Å². The molecule has 0 saturated carbocycles. The van der Waals surface area contributed by atoms with E-state index in [1.165, 1.54) is 0 Å². The molecule has 0 fully saturated rings. The summed E-state index contributed by atoms with van der Waals surface area (Å²) in [5.41, 5.74) is 0. The van der Waals surface area contributed by atoms with E-state index in [9.17, 15) is 9.59 Å². The quantitative estimate of drug-likeness (QED) is 0.726. The van der Waals surface area contributed by atoms with Crippen LogP contribution in [-0.2, 0) is 9.59 Å². The van der Waals surface area contributed by atoms with Gasteiger partial charge in [0.05, 0.1) is 6.42 Å². The van der Waals surface area contributed by atoms with Crippen molar-refractivity contribution in [2.45, 2.75) is 40.5 Å². The lowest BCUT2D eigenvalue weighted by Crippen LogP contribution is -2.37. The van der Waals surface area contributed by atoms with Gasteiger partial charge >= 0.3 is 5.97 Å². The van der Waals surface area contributed by atoms with E-state index in [4.69, 9.17) is 5.11 Å². The van der Waals surface area contributed by atoms with Crippen LogP contribution in [0.1, 0.15) is 40.5 Å². The number of hydrogen-bond donors (Lipinski definition) is 1. The van der Waals surface area contributed by atoms with E-state index in [1.807, 2.05) is 13.8 Å². The molecule has 0 aliphatic carbocycles. The van der Waals surface area contributed by atoms with Crippen LogP contribution in [0, 0.1) is 11.8 Å². The standard InChI is InChI=1S/C12H23NO3/c1-9(2)5-7-13(8-6-11(14)15)12(16)10(3)4/h9-10H,5-8H2,1-4H3,(H,14,15). The maximum Gasteiger partial charge on any atom is 0.305 e. The number of aliphatic carboxylic acids is 1. The molecule has 0 aliphatic heterocycles. The average molecular weight is 229 g/mol. The van der Waals surface area contributed by atoms with Crippen LogP contribution in [0.2, 0.25) is 0 Å². The van der Waals surface area contributed by atoms with Gasteiger partial charge in [0.15, 0.2) is 0 Å². The van der Waals surface area contributed by atoms with Crippen LogP contribution >= 0.6 is 0 Å². The van der Waals surface area contributed by atoms with Crippen LogP contribution in [0.5, 0.6) is 0 Å². The lowest BCUT2D eigenvalue weighted by molar-refractivity contribution is -0.139. The van der Waals surface area contributed by atoms with Crippen LogP contribution in [0.15, 0.2) is 0 Å². The van der Waals surface area contributed by atoms with Gasteiger partial charge in [0.2, 0.25) is 5.91 Å². The van der Waals surface area contributed by atoms with Gasteiger partial charge in [0.1, 0.15) is 0 Å². The van der Waals surface area contributed by atoms with Crippen molar-refractivity contribution >= 4 is 11.9 Å². The van der Waals surface area contributed by atoms with Crippen molar-refractivity contribution in [1.82, 2.24) is 4.90 Å². The third-order valence-electron chi connectivity index (χ3n) is 2.38. The fourth-order valence-electron chi connectivity index (χ4n) is 1.34. The Balaban J connectivity index is 4.26. The number of carboxylic acid groups (broad SMARTS) is 1. The van der Waals surface area contributed by atoms with Crippen molar-refractivity contribution in [2.75, 3.05) is 13.1 Å². The summed E-state index contributed by atoms with van der Waals surface area (Å²) in [5.74, 6) is -0.360. The maximum atomic E-state index is 11.8. The van der Waals surface area contributed by atoms with Crippen LogP contribution in [0.4, 0.5) is 0 Å². The smallest absolute Gasteiger partial charge is 0.305 e. The summed E-state index contributed by atoms with van der Waals surface area (Å²) in [6, 6.07) is 0. The highest BCUT2D eigenvalue weighted by Crippen LogP contribution is 2.07. The second-order valence-electron chi connectivity index (χ2n) is 4.81. The number of carbonyl (C=O) groups excluding carboxylic acids is 1. The fourth-order valence-corrected chi connectivity index (χ4v) is 1.34. The summed E-state index contributed by atoms with van der Waals surface area (Å²) >= 11 is 0. The first-order valence-corrected chi connectivity index (χ1v) is 5.85. The SMILES string of the molecule is CC(C)CCN(CCC(=O)O)C(=O)C(C)C. The third-order valence-corrected chi connectivity index (χ3v) is 2.38. The predicted octanol–water partition coefficient (Wildman–Crippen LogP) is 1.99. The van der Waals surface area contributed by atoms with Crippen molar-refractivity contribution in [3.05, 3.63) is 0 Å². The molecule has 0 rings (SSSR count). The van der Waals surface area contributed by atoms with Gasteiger partial charge in [-0.25, -0.2) is 0 Å². The fraction of sp³-hybridized carbons (Fsp3) is 0.833. The van der Waals surface area contributed by atoms with Crippen molar-refractivity contribution < 1.29 is 14.7 Å². The molecule has 0 heterocycles. The zero-order chi connectivity index (χ0) is 12.7. The molecule has 0 bridgehead atoms. The van der Waals surface area contributed by atoms with Crippen molar-refractivity contribution in [1.29, 1.82) is 0 Å². The largest absolute Gasteiger partial charge is 0.481 e. The summed E-state index contributed by atoms with van der Waals surface area (Å²) in [7, 11) is 0. The van der Waals surface area contributed by atoms with Crippen LogP contribution < -0.4 is 0 Å². The van der Waals surface area contributed by atoms with Crippen LogP contribution in [0.25, 0.3) is 0 Å². The summed E-state index contributed by atoms with van der Waals surface area (Å²) in [5, 5.41) is 8.62. The number of hydrogen-bond acceptors (Lipinski definition) is 2. The molecule has 4 heteroatoms. The molecule has 1 amide bonds. The van der Waals surface area contributed by atoms with Gasteiger partial charge in [0, 0.05) is 19.0 Å². The normalized spacial score (nSPS) is 10.9. The lowest BCUT2D eigenvalue weighted by Gasteiger charge is -2.24. The zero-order valence-corrected chi connectivity index (χ0v) is 10.7. The zero-order valence-electron chi connectivity index (χ0n) is 10.7. The molecule has 0 aliphatic rings. The minimum absolute atomic E-state index is 0.0244. The van der Waals surface area contributed by atoms with E-state index in [-0.39, 0.29) is 18.2 Å². The number of amides is 1. The van der Waals surface area contributed by atoms with Crippen LogP contribution in [-0.4, -0.2) is 35.0 Å². The molecule has 94 valence electrons. The first-order chi connectivity index (χ1) is 7.34. The highest BCUT2D eigenvalue weighted by molar-refractivity contribution is 5.78. The van der Waals surface area contributed by atoms with E-state index < -0.39 is 5.97 Å². The molecular weight excluding hydrogens is 206 g/mol. The molecule has 1 N–H and O–H groups in total. The van der Waals surface area contributed by atoms with Gasteiger partial charge in [0.25, 0.3) is 0 Å². The molecule has 0 aromatic rings. The van der Waals surface area contributed by atoms with Crippen molar-refractivity contribution in [3.63, 3.8) is 0 Å². The molecule has 0 unspecified atom stereocenters. The van der Waals surface area contributed by atoms with Gasteiger partial charge < -0.3 is 10.0 Å². The van der Waals surface area contributed by atoms with E-state index in [0.29, 0.717) is 19.0 Å². The summed E-state index contributed by atoms with van der Waals surface area (Å²) < 4.78 is 0. The van der Waals surface area contributed by atoms with E-state index in [0.717, 1.165) is 6.42 Å². The Hall–Kier alpha value is -1.06. The highest BCUT2D eigenvalue weighted by Gasteiger charge is 2.17. The average Bonchev–Trinajstić information content (AvgIpc) is 2.16. The number of nitrogens with zero attached hydrogens (tertiary/aromatic N) is 1. The Bertz CT molecular complexity index is 236. The number of rotatable bonds is 7. The number of carboxylic acids is 1. The Kier molecular flexibility index (Phi) is 6.77. The molecule has 16 heavy (non-hydrogen) atoms. The second-order valence-corrected chi connectivity index (χ2v) is 4.81. The number of carbonyl (C=O) groups is 2. The van der Waals surface area contributed by atoms with E-state index in [2.05, 4.69) is 13.8 Å². The van der Waals surface area contributed by atoms with Crippen molar-refractivity contribution in [3.8, 4) is 0 Å². The van der Waals surface area contributed by atoms with Gasteiger partial charge in [-0.05, 0) is 12.3 Å². The monoisotopic (exact) mass is 229 g/mol. The van der Waals surface area contributed by atoms with Gasteiger partial charge in [-0.2, -0.15) is 0 Å². The third kappa shape index (κ3) is 6.43. The molecule has 0 aromatic carbocycles. The Morgan fingerprint density at radius 1 is 1.12 bits per heavy atom. The molecule has 4 nitrogen and oxygen atoms in total. The lowest BCUT2D eigenvalue weighted by atomic mass is 10.1. The second kappa shape index (κ2) is 7.25. The molecule has 0 spiro atoms. The molecule has 0 radical (unpaired) electrons. The summed E-state index contributed by atoms with van der Waals surface area (Å²) in [4.78, 5) is 24.0. The maximum absolute atomic E-state index is 11.8. The summed E-state index contributed by atoms with van der Waals surface area (Å²) in [6.07, 6.45) is 0.939. The predicted molar refractivity (Wildman–Crippen MR) is 63.1 cm³/mol. The van der Waals surface area contributed by atoms with Gasteiger partial charge in [-0.3, -0.25) is 9.59 Å². The molecule has 0 aromatic heterocycles. The van der Waals surface area contributed by atoms with E-state index in [1.54, 1.807) is 4.90 Å². The molecule has 0 atom stereocenters. The minimum atomic E-state index is -0.855. The Morgan fingerprint density at radius 2 is 1.69 bits per heavy atom. The topological polar surface area (TPSA) is 57.6 Å². The first-order valence-electron chi connectivity index (χ1n) is 5.85.